The van der Waals surface area contributed by atoms with Crippen molar-refractivity contribution in [3.8, 4) is 11.5 Å². The molecule has 0 radical (unpaired) electrons. The molecule has 3 aromatic rings. The molecule has 1 N–H and O–H groups in total. The Bertz CT molecular complexity index is 1080. The fraction of sp³-hybridized carbons (Fsp3) is 0.304. The van der Waals surface area contributed by atoms with E-state index in [1.165, 1.54) is 17.0 Å². The van der Waals surface area contributed by atoms with E-state index in [9.17, 15) is 0 Å². The van der Waals surface area contributed by atoms with Gasteiger partial charge in [-0.25, -0.2) is 0 Å². The summed E-state index contributed by atoms with van der Waals surface area (Å²) in [4.78, 5) is 6.75. The Balaban J connectivity index is 1.90. The van der Waals surface area contributed by atoms with Gasteiger partial charge in [0, 0.05) is 30.7 Å². The molecule has 2 atom stereocenters. The van der Waals surface area contributed by atoms with Gasteiger partial charge in [-0.15, -0.1) is 0 Å². The molecule has 1 aliphatic heterocycles. The third-order valence-corrected chi connectivity index (χ3v) is 6.19. The van der Waals surface area contributed by atoms with E-state index < -0.39 is 0 Å². The Kier molecular flexibility index (Phi) is 5.39. The predicted molar refractivity (Wildman–Crippen MR) is 122 cm³/mol. The normalized spacial score (nSPS) is 18.4. The number of nitrogens with one attached hydrogen (secondary N) is 1. The summed E-state index contributed by atoms with van der Waals surface area (Å²) in [6.45, 7) is 4.26. The van der Waals surface area contributed by atoms with E-state index >= 15 is 0 Å². The molecule has 0 aliphatic carbocycles. The number of hydrogen-bond acceptors (Lipinski definition) is 4. The van der Waals surface area contributed by atoms with Crippen molar-refractivity contribution >= 4 is 23.0 Å². The molecule has 4 rings (SSSR count). The van der Waals surface area contributed by atoms with Gasteiger partial charge < -0.3 is 24.3 Å². The number of pyridine rings is 1. The van der Waals surface area contributed by atoms with Gasteiger partial charge in [0.25, 0.3) is 0 Å². The minimum atomic E-state index is -0.0917. The van der Waals surface area contributed by atoms with Crippen molar-refractivity contribution in [2.75, 3.05) is 19.1 Å². The van der Waals surface area contributed by atoms with Crippen molar-refractivity contribution in [3.63, 3.8) is 0 Å². The number of thiocarbonyl (C=S) groups is 1. The van der Waals surface area contributed by atoms with Gasteiger partial charge >= 0.3 is 0 Å². The van der Waals surface area contributed by atoms with Crippen LogP contribution in [-0.4, -0.2) is 28.9 Å². The molecule has 1 aromatic carbocycles. The smallest absolute Gasteiger partial charge is 0.174 e. The summed E-state index contributed by atoms with van der Waals surface area (Å²) in [6.07, 6.45) is 1.82. The zero-order chi connectivity index (χ0) is 21.4. The van der Waals surface area contributed by atoms with Crippen LogP contribution in [0.1, 0.15) is 34.7 Å². The summed E-state index contributed by atoms with van der Waals surface area (Å²) < 4.78 is 13.3. The molecule has 0 unspecified atom stereocenters. The van der Waals surface area contributed by atoms with Crippen LogP contribution in [0.3, 0.4) is 0 Å². The van der Waals surface area contributed by atoms with Gasteiger partial charge in [0.1, 0.15) is 11.5 Å². The van der Waals surface area contributed by atoms with Gasteiger partial charge in [-0.05, 0) is 62.0 Å². The summed E-state index contributed by atoms with van der Waals surface area (Å²) in [7, 11) is 5.39. The number of nitrogens with zero attached hydrogens (tertiary/aromatic N) is 3. The van der Waals surface area contributed by atoms with Crippen molar-refractivity contribution < 1.29 is 9.47 Å². The molecule has 1 fully saturated rings. The van der Waals surface area contributed by atoms with Crippen molar-refractivity contribution in [3.05, 3.63) is 71.3 Å². The molecule has 6 nitrogen and oxygen atoms in total. The molecular weight excluding hydrogens is 396 g/mol. The summed E-state index contributed by atoms with van der Waals surface area (Å²) in [5, 5.41) is 4.14. The minimum Gasteiger partial charge on any atom is -0.497 e. The Hall–Kier alpha value is -3.06. The fourth-order valence-electron chi connectivity index (χ4n) is 4.10. The molecule has 0 saturated carbocycles. The summed E-state index contributed by atoms with van der Waals surface area (Å²) in [6, 6.07) is 13.8. The van der Waals surface area contributed by atoms with Crippen LogP contribution >= 0.6 is 12.2 Å². The zero-order valence-corrected chi connectivity index (χ0v) is 18.7. The second-order valence-electron chi connectivity index (χ2n) is 7.42. The summed E-state index contributed by atoms with van der Waals surface area (Å²) >= 11 is 5.82. The Morgan fingerprint density at radius 2 is 1.87 bits per heavy atom. The van der Waals surface area contributed by atoms with Crippen molar-refractivity contribution in [1.29, 1.82) is 0 Å². The number of aromatic nitrogens is 2. The predicted octanol–water partition coefficient (Wildman–Crippen LogP) is 4.23. The van der Waals surface area contributed by atoms with Crippen molar-refractivity contribution in [1.82, 2.24) is 14.9 Å². The quantitative estimate of drug-likeness (QED) is 0.621. The molecule has 7 heteroatoms. The first kappa shape index (κ1) is 20.2. The lowest BCUT2D eigenvalue weighted by Crippen LogP contribution is -2.30. The van der Waals surface area contributed by atoms with Crippen molar-refractivity contribution in [2.24, 2.45) is 7.05 Å². The monoisotopic (exact) mass is 422 g/mol. The summed E-state index contributed by atoms with van der Waals surface area (Å²) in [5.74, 6) is 1.44. The van der Waals surface area contributed by atoms with Crippen LogP contribution in [0.5, 0.6) is 11.5 Å². The lowest BCUT2D eigenvalue weighted by molar-refractivity contribution is 0.394. The largest absolute Gasteiger partial charge is 0.497 e. The van der Waals surface area contributed by atoms with Crippen LogP contribution in [0.25, 0.3) is 0 Å². The molecular formula is C23H26N4O2S. The highest BCUT2D eigenvalue weighted by Gasteiger charge is 2.43. The number of ether oxygens (including phenoxy) is 2. The average Bonchev–Trinajstić information content (AvgIpc) is 3.24. The molecule has 0 bridgehead atoms. The first-order valence-electron chi connectivity index (χ1n) is 9.81. The third-order valence-electron chi connectivity index (χ3n) is 5.88. The molecule has 1 aliphatic rings. The number of hydrogen-bond donors (Lipinski definition) is 1. The maximum Gasteiger partial charge on any atom is 0.174 e. The van der Waals surface area contributed by atoms with Gasteiger partial charge in [-0.2, -0.15) is 0 Å². The number of rotatable bonds is 5. The molecule has 0 amide bonds. The molecule has 0 spiro atoms. The molecule has 2 aromatic heterocycles. The zero-order valence-electron chi connectivity index (χ0n) is 17.8. The van der Waals surface area contributed by atoms with Crippen LogP contribution in [0.15, 0.2) is 48.7 Å². The van der Waals surface area contributed by atoms with Gasteiger partial charge in [0.15, 0.2) is 5.11 Å². The average molecular weight is 423 g/mol. The van der Waals surface area contributed by atoms with E-state index in [1.807, 2.05) is 42.6 Å². The number of anilines is 1. The van der Waals surface area contributed by atoms with Gasteiger partial charge in [-0.1, -0.05) is 6.07 Å². The van der Waals surface area contributed by atoms with E-state index in [1.54, 1.807) is 14.2 Å². The SMILES string of the molecule is COc1ccc(N2C(=S)N[C@H](c3ccccn3)[C@H]2c2cc(C)n(C)c2C)c(OC)c1. The van der Waals surface area contributed by atoms with Crippen LogP contribution < -0.4 is 19.7 Å². The van der Waals surface area contributed by atoms with E-state index in [-0.39, 0.29) is 12.1 Å². The third kappa shape index (κ3) is 3.29. The van der Waals surface area contributed by atoms with E-state index in [0.717, 1.165) is 17.1 Å². The minimum absolute atomic E-state index is 0.0744. The Morgan fingerprint density at radius 1 is 1.07 bits per heavy atom. The van der Waals surface area contributed by atoms with Crippen LogP contribution in [0.2, 0.25) is 0 Å². The second-order valence-corrected chi connectivity index (χ2v) is 7.81. The van der Waals surface area contributed by atoms with E-state index in [0.29, 0.717) is 10.9 Å². The van der Waals surface area contributed by atoms with Gasteiger partial charge in [0.2, 0.25) is 0 Å². The first-order valence-corrected chi connectivity index (χ1v) is 10.2. The second kappa shape index (κ2) is 7.99. The van der Waals surface area contributed by atoms with Gasteiger partial charge in [0.05, 0.1) is 37.7 Å². The van der Waals surface area contributed by atoms with Gasteiger partial charge in [-0.3, -0.25) is 4.98 Å². The molecule has 156 valence electrons. The highest BCUT2D eigenvalue weighted by atomic mass is 32.1. The lowest BCUT2D eigenvalue weighted by Gasteiger charge is -2.29. The highest BCUT2D eigenvalue weighted by Crippen LogP contribution is 2.46. The lowest BCUT2D eigenvalue weighted by atomic mass is 9.96. The van der Waals surface area contributed by atoms with E-state index in [4.69, 9.17) is 21.7 Å². The van der Waals surface area contributed by atoms with Crippen molar-refractivity contribution in [2.45, 2.75) is 25.9 Å². The highest BCUT2D eigenvalue weighted by molar-refractivity contribution is 7.80. The molecule has 30 heavy (non-hydrogen) atoms. The maximum absolute atomic E-state index is 5.82. The Morgan fingerprint density at radius 3 is 2.47 bits per heavy atom. The van der Waals surface area contributed by atoms with E-state index in [2.05, 4.69) is 46.7 Å². The fourth-order valence-corrected chi connectivity index (χ4v) is 4.44. The van der Waals surface area contributed by atoms with Crippen LogP contribution in [-0.2, 0) is 7.05 Å². The topological polar surface area (TPSA) is 51.5 Å². The van der Waals surface area contributed by atoms with Crippen LogP contribution in [0.4, 0.5) is 5.69 Å². The molecule has 3 heterocycles. The Labute approximate surface area is 182 Å². The number of benzene rings is 1. The maximum atomic E-state index is 5.82. The number of aryl methyl sites for hydroxylation is 1. The summed E-state index contributed by atoms with van der Waals surface area (Å²) in [5.41, 5.74) is 5.43. The first-order chi connectivity index (χ1) is 14.5. The standard InChI is InChI=1S/C23H26N4O2S/c1-14-12-17(15(2)26(14)3)22-21(18-8-6-7-11-24-18)25-23(30)27(22)19-10-9-16(28-4)13-20(19)29-5/h6-13,21-22H,1-5H3,(H,25,30)/t21-,22-/m1/s1. The van der Waals surface area contributed by atoms with Crippen LogP contribution in [0, 0.1) is 13.8 Å². The molecule has 1 saturated heterocycles. The number of methoxy groups -OCH3 is 2.